The average Bonchev–Trinajstić information content (AvgIpc) is 3.25. The maximum atomic E-state index is 13.8. The molecular weight excluding hydrogens is 436 g/mol. The number of hydrogen-bond acceptors (Lipinski definition) is 3. The minimum atomic E-state index is -0.850. The molecule has 0 radical (unpaired) electrons. The number of nitrogens with zero attached hydrogens (tertiary/aromatic N) is 2. The molecule has 1 amide bonds. The minimum Gasteiger partial charge on any atom is -0.493 e. The lowest BCUT2D eigenvalue weighted by molar-refractivity contribution is 0.102. The van der Waals surface area contributed by atoms with E-state index >= 15 is 0 Å². The highest BCUT2D eigenvalue weighted by Crippen LogP contribution is 2.28. The zero-order valence-electron chi connectivity index (χ0n) is 17.5. The highest BCUT2D eigenvalue weighted by Gasteiger charge is 2.17. The molecule has 1 fully saturated rings. The van der Waals surface area contributed by atoms with Crippen LogP contribution in [-0.4, -0.2) is 22.3 Å². The Balaban J connectivity index is 1.44. The predicted molar refractivity (Wildman–Crippen MR) is 119 cm³/mol. The van der Waals surface area contributed by atoms with E-state index in [1.807, 2.05) is 12.1 Å². The summed E-state index contributed by atoms with van der Waals surface area (Å²) in [5, 5.41) is 7.06. The SMILES string of the molecule is O=C(Nc1c(F)cccc1F)c1ccn(Cc2cc(Cl)ccc2OCC2CCCCC2)n1. The first-order valence-electron chi connectivity index (χ1n) is 10.7. The van der Waals surface area contributed by atoms with Gasteiger partial charge in [0.15, 0.2) is 5.69 Å². The molecule has 168 valence electrons. The van der Waals surface area contributed by atoms with E-state index in [9.17, 15) is 13.6 Å². The molecule has 3 aromatic rings. The third-order valence-corrected chi connectivity index (χ3v) is 5.86. The van der Waals surface area contributed by atoms with E-state index in [1.165, 1.54) is 44.2 Å². The number of benzene rings is 2. The smallest absolute Gasteiger partial charge is 0.276 e. The molecule has 2 aromatic carbocycles. The van der Waals surface area contributed by atoms with Crippen LogP contribution in [0, 0.1) is 17.6 Å². The second kappa shape index (κ2) is 10.1. The minimum absolute atomic E-state index is 0.0411. The van der Waals surface area contributed by atoms with Gasteiger partial charge in [-0.15, -0.1) is 0 Å². The van der Waals surface area contributed by atoms with Gasteiger partial charge in [-0.1, -0.05) is 36.9 Å². The Labute approximate surface area is 190 Å². The third kappa shape index (κ3) is 5.46. The molecule has 5 nitrogen and oxygen atoms in total. The predicted octanol–water partition coefficient (Wildman–Crippen LogP) is 6.07. The van der Waals surface area contributed by atoms with Gasteiger partial charge in [0, 0.05) is 16.8 Å². The zero-order valence-corrected chi connectivity index (χ0v) is 18.2. The number of halogens is 3. The van der Waals surface area contributed by atoms with Crippen LogP contribution in [-0.2, 0) is 6.54 Å². The van der Waals surface area contributed by atoms with Crippen LogP contribution < -0.4 is 10.1 Å². The molecule has 0 bridgehead atoms. The summed E-state index contributed by atoms with van der Waals surface area (Å²) in [4.78, 5) is 12.4. The van der Waals surface area contributed by atoms with E-state index in [0.29, 0.717) is 24.1 Å². The summed E-state index contributed by atoms with van der Waals surface area (Å²) in [6.07, 6.45) is 7.78. The molecule has 8 heteroatoms. The van der Waals surface area contributed by atoms with Crippen molar-refractivity contribution in [2.24, 2.45) is 5.92 Å². The molecule has 4 rings (SSSR count). The number of para-hydroxylation sites is 1. The number of nitrogens with one attached hydrogen (secondary N) is 1. The summed E-state index contributed by atoms with van der Waals surface area (Å²) in [6, 6.07) is 10.3. The number of aromatic nitrogens is 2. The summed E-state index contributed by atoms with van der Waals surface area (Å²) >= 11 is 6.19. The largest absolute Gasteiger partial charge is 0.493 e. The molecule has 1 aromatic heterocycles. The normalized spacial score (nSPS) is 14.3. The standard InChI is InChI=1S/C24H24ClF2N3O2/c25-18-9-10-22(32-15-16-5-2-1-3-6-16)17(13-18)14-30-12-11-21(29-30)24(31)28-23-19(26)7-4-8-20(23)27/h4,7-13,16H,1-3,5-6,14-15H2,(H,28,31). The van der Waals surface area contributed by atoms with Crippen molar-refractivity contribution in [3.8, 4) is 5.75 Å². The molecule has 0 spiro atoms. The first-order valence-corrected chi connectivity index (χ1v) is 11.1. The van der Waals surface area contributed by atoms with E-state index < -0.39 is 23.2 Å². The Morgan fingerprint density at radius 3 is 2.62 bits per heavy atom. The Kier molecular flexibility index (Phi) is 7.05. The van der Waals surface area contributed by atoms with E-state index in [0.717, 1.165) is 23.4 Å². The van der Waals surface area contributed by atoms with Crippen molar-refractivity contribution < 1.29 is 18.3 Å². The first-order chi connectivity index (χ1) is 15.5. The summed E-state index contributed by atoms with van der Waals surface area (Å²) < 4.78 is 35.3. The fourth-order valence-corrected chi connectivity index (χ4v) is 4.11. The van der Waals surface area contributed by atoms with Crippen LogP contribution in [0.5, 0.6) is 5.75 Å². The molecule has 0 atom stereocenters. The number of carbonyl (C=O) groups is 1. The molecule has 0 unspecified atom stereocenters. The van der Waals surface area contributed by atoms with Crippen molar-refractivity contribution in [2.75, 3.05) is 11.9 Å². The second-order valence-electron chi connectivity index (χ2n) is 8.02. The number of ether oxygens (including phenoxy) is 1. The lowest BCUT2D eigenvalue weighted by Gasteiger charge is -2.22. The van der Waals surface area contributed by atoms with Crippen LogP contribution in [0.15, 0.2) is 48.7 Å². The lowest BCUT2D eigenvalue weighted by atomic mass is 9.90. The maximum absolute atomic E-state index is 13.8. The van der Waals surface area contributed by atoms with Crippen molar-refractivity contribution in [3.63, 3.8) is 0 Å². The summed E-state index contributed by atoms with van der Waals surface area (Å²) in [5.41, 5.74) is 0.378. The number of rotatable bonds is 7. The van der Waals surface area contributed by atoms with E-state index in [1.54, 1.807) is 16.9 Å². The van der Waals surface area contributed by atoms with Crippen molar-refractivity contribution in [3.05, 3.63) is 76.6 Å². The highest BCUT2D eigenvalue weighted by molar-refractivity contribution is 6.30. The van der Waals surface area contributed by atoms with Gasteiger partial charge in [0.25, 0.3) is 5.91 Å². The molecule has 1 saturated carbocycles. The van der Waals surface area contributed by atoms with Crippen molar-refractivity contribution in [2.45, 2.75) is 38.6 Å². The second-order valence-corrected chi connectivity index (χ2v) is 8.45. The van der Waals surface area contributed by atoms with Crippen LogP contribution in [0.4, 0.5) is 14.5 Å². The van der Waals surface area contributed by atoms with Crippen LogP contribution in [0.2, 0.25) is 5.02 Å². The number of hydrogen-bond donors (Lipinski definition) is 1. The third-order valence-electron chi connectivity index (χ3n) is 5.63. The fourth-order valence-electron chi connectivity index (χ4n) is 3.91. The molecular formula is C24H24ClF2N3O2. The molecule has 0 saturated heterocycles. The van der Waals surface area contributed by atoms with E-state index in [2.05, 4.69) is 10.4 Å². The summed E-state index contributed by atoms with van der Waals surface area (Å²) in [5.74, 6) is -1.11. The number of carbonyl (C=O) groups excluding carboxylic acids is 1. The van der Waals surface area contributed by atoms with Gasteiger partial charge in [-0.05, 0) is 55.2 Å². The topological polar surface area (TPSA) is 56.2 Å². The number of anilines is 1. The van der Waals surface area contributed by atoms with Gasteiger partial charge in [-0.3, -0.25) is 9.48 Å². The molecule has 1 N–H and O–H groups in total. The van der Waals surface area contributed by atoms with Gasteiger partial charge < -0.3 is 10.1 Å². The van der Waals surface area contributed by atoms with Gasteiger partial charge in [-0.25, -0.2) is 8.78 Å². The fraction of sp³-hybridized carbons (Fsp3) is 0.333. The van der Waals surface area contributed by atoms with Gasteiger partial charge >= 0.3 is 0 Å². The molecule has 1 aliphatic carbocycles. The average molecular weight is 460 g/mol. The van der Waals surface area contributed by atoms with Crippen molar-refractivity contribution in [1.82, 2.24) is 9.78 Å². The van der Waals surface area contributed by atoms with Crippen LogP contribution in [0.3, 0.4) is 0 Å². The van der Waals surface area contributed by atoms with Crippen LogP contribution >= 0.6 is 11.6 Å². The maximum Gasteiger partial charge on any atom is 0.276 e. The van der Waals surface area contributed by atoms with Crippen molar-refractivity contribution in [1.29, 1.82) is 0 Å². The van der Waals surface area contributed by atoms with Gasteiger partial charge in [0.2, 0.25) is 0 Å². The van der Waals surface area contributed by atoms with E-state index in [4.69, 9.17) is 16.3 Å². The number of amides is 1. The Bertz CT molecular complexity index is 1080. The Hall–Kier alpha value is -2.93. The highest BCUT2D eigenvalue weighted by atomic mass is 35.5. The summed E-state index contributed by atoms with van der Waals surface area (Å²) in [7, 11) is 0. The van der Waals surface area contributed by atoms with Crippen LogP contribution in [0.25, 0.3) is 0 Å². The quantitative estimate of drug-likeness (QED) is 0.466. The molecule has 1 heterocycles. The summed E-state index contributed by atoms with van der Waals surface area (Å²) in [6.45, 7) is 0.998. The van der Waals surface area contributed by atoms with Gasteiger partial charge in [0.05, 0.1) is 13.2 Å². The Morgan fingerprint density at radius 2 is 1.88 bits per heavy atom. The zero-order chi connectivity index (χ0) is 22.5. The van der Waals surface area contributed by atoms with Gasteiger partial charge in [0.1, 0.15) is 23.1 Å². The van der Waals surface area contributed by atoms with Crippen LogP contribution in [0.1, 0.15) is 48.2 Å². The first kappa shape index (κ1) is 22.3. The van der Waals surface area contributed by atoms with Crippen molar-refractivity contribution >= 4 is 23.2 Å². The molecule has 1 aliphatic rings. The van der Waals surface area contributed by atoms with E-state index in [-0.39, 0.29) is 5.69 Å². The Morgan fingerprint density at radius 1 is 1.12 bits per heavy atom. The molecule has 32 heavy (non-hydrogen) atoms. The lowest BCUT2D eigenvalue weighted by Crippen LogP contribution is -2.17. The van der Waals surface area contributed by atoms with Gasteiger partial charge in [-0.2, -0.15) is 5.10 Å². The molecule has 0 aliphatic heterocycles. The monoisotopic (exact) mass is 459 g/mol.